The van der Waals surface area contributed by atoms with E-state index in [1.807, 2.05) is 0 Å². The molecule has 21 heavy (non-hydrogen) atoms. The molecule has 0 amide bonds. The van der Waals surface area contributed by atoms with Crippen LogP contribution < -0.4 is 4.72 Å². The Morgan fingerprint density at radius 1 is 1.29 bits per heavy atom. The molecule has 0 aromatic heterocycles. The second-order valence-electron chi connectivity index (χ2n) is 3.86. The predicted octanol–water partition coefficient (Wildman–Crippen LogP) is 0.968. The Hall–Kier alpha value is -2.23. The van der Waals surface area contributed by atoms with E-state index in [2.05, 4.69) is 4.74 Å². The lowest BCUT2D eigenvalue weighted by Gasteiger charge is -2.10. The van der Waals surface area contributed by atoms with Crippen LogP contribution in [-0.2, 0) is 19.6 Å². The Labute approximate surface area is 118 Å². The number of hydrogen-bond acceptors (Lipinski definition) is 5. The maximum Gasteiger partial charge on any atom is 0.337 e. The quantitative estimate of drug-likeness (QED) is 0.755. The van der Waals surface area contributed by atoms with Crippen LogP contribution >= 0.6 is 0 Å². The summed E-state index contributed by atoms with van der Waals surface area (Å²) in [5, 5.41) is 8.84. The van der Waals surface area contributed by atoms with Crippen LogP contribution in [0.5, 0.6) is 0 Å². The molecule has 1 aromatic rings. The number of carbonyl (C=O) groups excluding carboxylic acids is 1. The minimum absolute atomic E-state index is 0.357. The van der Waals surface area contributed by atoms with Gasteiger partial charge in [-0.05, 0) is 6.07 Å². The summed E-state index contributed by atoms with van der Waals surface area (Å²) in [6.07, 6.45) is -0.474. The first kappa shape index (κ1) is 16.8. The molecule has 2 N–H and O–H groups in total. The van der Waals surface area contributed by atoms with Crippen LogP contribution in [0.2, 0.25) is 0 Å². The summed E-state index contributed by atoms with van der Waals surface area (Å²) in [4.78, 5) is 21.8. The molecule has 0 aliphatic carbocycles. The zero-order chi connectivity index (χ0) is 16.2. The van der Waals surface area contributed by atoms with Gasteiger partial charge in [-0.3, -0.25) is 9.52 Å². The molecule has 0 saturated heterocycles. The van der Waals surface area contributed by atoms with Crippen LogP contribution in [0.1, 0.15) is 16.8 Å². The van der Waals surface area contributed by atoms with Crippen molar-refractivity contribution < 1.29 is 36.6 Å². The number of methoxy groups -OCH3 is 1. The summed E-state index contributed by atoms with van der Waals surface area (Å²) < 4.78 is 55.4. The molecule has 0 spiro atoms. The number of esters is 1. The summed E-state index contributed by atoms with van der Waals surface area (Å²) in [6.45, 7) is 0. The van der Waals surface area contributed by atoms with Gasteiger partial charge >= 0.3 is 11.9 Å². The van der Waals surface area contributed by atoms with Crippen molar-refractivity contribution in [2.75, 3.05) is 17.6 Å². The summed E-state index contributed by atoms with van der Waals surface area (Å²) in [5.74, 6) is -5.96. The van der Waals surface area contributed by atoms with Gasteiger partial charge in [-0.15, -0.1) is 0 Å². The maximum absolute atomic E-state index is 13.1. The van der Waals surface area contributed by atoms with Gasteiger partial charge < -0.3 is 9.84 Å². The van der Waals surface area contributed by atoms with E-state index in [-0.39, 0.29) is 0 Å². The fourth-order valence-corrected chi connectivity index (χ4v) is 2.39. The lowest BCUT2D eigenvalue weighted by molar-refractivity contribution is -0.140. The number of carboxylic acid groups (broad SMARTS) is 1. The van der Waals surface area contributed by atoms with Crippen molar-refractivity contribution in [2.45, 2.75) is 6.42 Å². The number of nitrogens with one attached hydrogen (secondary N) is 1. The Morgan fingerprint density at radius 2 is 1.86 bits per heavy atom. The molecule has 0 aliphatic heterocycles. The van der Waals surface area contributed by atoms with E-state index < -0.39 is 57.0 Å². The number of carboxylic acids is 1. The van der Waals surface area contributed by atoms with Crippen molar-refractivity contribution in [3.63, 3.8) is 0 Å². The predicted molar refractivity (Wildman–Crippen MR) is 67.4 cm³/mol. The first-order valence-corrected chi connectivity index (χ1v) is 7.11. The average Bonchev–Trinajstić information content (AvgIpc) is 2.39. The van der Waals surface area contributed by atoms with Crippen molar-refractivity contribution in [1.82, 2.24) is 0 Å². The third-order valence-corrected chi connectivity index (χ3v) is 3.63. The highest BCUT2D eigenvalue weighted by Gasteiger charge is 2.20. The zero-order valence-corrected chi connectivity index (χ0v) is 11.5. The van der Waals surface area contributed by atoms with Crippen molar-refractivity contribution in [2.24, 2.45) is 0 Å². The molecule has 116 valence electrons. The SMILES string of the molecule is COC(=O)CCS(=O)(=O)Nc1cc(F)c(F)cc1C(=O)O. The molecule has 0 atom stereocenters. The van der Waals surface area contributed by atoms with Gasteiger partial charge in [0.15, 0.2) is 11.6 Å². The van der Waals surface area contributed by atoms with E-state index in [4.69, 9.17) is 5.11 Å². The van der Waals surface area contributed by atoms with Crippen LogP contribution in [0.3, 0.4) is 0 Å². The molecular formula is C11H11F2NO6S. The van der Waals surface area contributed by atoms with Gasteiger partial charge in [0.1, 0.15) is 0 Å². The molecule has 1 rings (SSSR count). The van der Waals surface area contributed by atoms with E-state index in [1.54, 1.807) is 4.72 Å². The second-order valence-corrected chi connectivity index (χ2v) is 5.71. The molecule has 7 nitrogen and oxygen atoms in total. The highest BCUT2D eigenvalue weighted by atomic mass is 32.2. The molecule has 0 radical (unpaired) electrons. The summed E-state index contributed by atoms with van der Waals surface area (Å²) >= 11 is 0. The number of halogens is 2. The van der Waals surface area contributed by atoms with Crippen LogP contribution in [0.25, 0.3) is 0 Å². The van der Waals surface area contributed by atoms with E-state index >= 15 is 0 Å². The number of aromatic carboxylic acids is 1. The largest absolute Gasteiger partial charge is 0.478 e. The summed E-state index contributed by atoms with van der Waals surface area (Å²) in [7, 11) is -3.06. The van der Waals surface area contributed by atoms with Gasteiger partial charge in [0.2, 0.25) is 10.0 Å². The Bertz CT molecular complexity index is 674. The number of sulfonamides is 1. The van der Waals surface area contributed by atoms with Gasteiger partial charge in [0.05, 0.1) is 30.5 Å². The number of carbonyl (C=O) groups is 2. The molecule has 10 heteroatoms. The van der Waals surface area contributed by atoms with Crippen LogP contribution in [-0.4, -0.2) is 38.3 Å². The maximum atomic E-state index is 13.1. The van der Waals surface area contributed by atoms with E-state index in [9.17, 15) is 26.8 Å². The number of anilines is 1. The molecule has 1 aromatic carbocycles. The number of benzene rings is 1. The van der Waals surface area contributed by atoms with Crippen molar-refractivity contribution in [3.05, 3.63) is 29.3 Å². The Kier molecular flexibility index (Phi) is 5.19. The minimum atomic E-state index is -4.13. The van der Waals surface area contributed by atoms with Crippen LogP contribution in [0.4, 0.5) is 14.5 Å². The molecule has 0 saturated carbocycles. The Morgan fingerprint density at radius 3 is 2.38 bits per heavy atom. The Balaban J connectivity index is 3.04. The van der Waals surface area contributed by atoms with Crippen molar-refractivity contribution in [1.29, 1.82) is 0 Å². The minimum Gasteiger partial charge on any atom is -0.478 e. The lowest BCUT2D eigenvalue weighted by atomic mass is 10.2. The third-order valence-electron chi connectivity index (χ3n) is 2.36. The smallest absolute Gasteiger partial charge is 0.337 e. The summed E-state index contributed by atoms with van der Waals surface area (Å²) in [6, 6.07) is 0.768. The molecule has 0 bridgehead atoms. The highest BCUT2D eigenvalue weighted by Crippen LogP contribution is 2.21. The molecule has 0 unspecified atom stereocenters. The monoisotopic (exact) mass is 323 g/mol. The van der Waals surface area contributed by atoms with E-state index in [0.29, 0.717) is 12.1 Å². The van der Waals surface area contributed by atoms with E-state index in [0.717, 1.165) is 7.11 Å². The van der Waals surface area contributed by atoms with E-state index in [1.165, 1.54) is 0 Å². The lowest BCUT2D eigenvalue weighted by Crippen LogP contribution is -2.21. The number of ether oxygens (including phenoxy) is 1. The van der Waals surface area contributed by atoms with Gasteiger partial charge in [0.25, 0.3) is 0 Å². The van der Waals surface area contributed by atoms with Crippen LogP contribution in [0, 0.1) is 11.6 Å². The first-order chi connectivity index (χ1) is 9.66. The normalized spacial score (nSPS) is 11.0. The molecule has 0 heterocycles. The number of hydrogen-bond donors (Lipinski definition) is 2. The van der Waals surface area contributed by atoms with Gasteiger partial charge in [-0.2, -0.15) is 0 Å². The molecule has 0 fully saturated rings. The first-order valence-electron chi connectivity index (χ1n) is 5.46. The topological polar surface area (TPSA) is 110 Å². The fourth-order valence-electron chi connectivity index (χ4n) is 1.35. The fraction of sp³-hybridized carbons (Fsp3) is 0.273. The van der Waals surface area contributed by atoms with Gasteiger partial charge in [-0.25, -0.2) is 22.0 Å². The summed E-state index contributed by atoms with van der Waals surface area (Å²) in [5.41, 5.74) is -1.39. The number of rotatable bonds is 6. The average molecular weight is 323 g/mol. The van der Waals surface area contributed by atoms with Crippen LogP contribution in [0.15, 0.2) is 12.1 Å². The second kappa shape index (κ2) is 6.48. The standard InChI is InChI=1S/C11H11F2NO6S/c1-20-10(15)2-3-21(18,19)14-9-5-8(13)7(12)4-6(9)11(16)17/h4-5,14H,2-3H2,1H3,(H,16,17). The molecule has 0 aliphatic rings. The zero-order valence-electron chi connectivity index (χ0n) is 10.7. The van der Waals surface area contributed by atoms with Crippen molar-refractivity contribution in [3.8, 4) is 0 Å². The van der Waals surface area contributed by atoms with Gasteiger partial charge in [-0.1, -0.05) is 0 Å². The molecular weight excluding hydrogens is 312 g/mol. The third kappa shape index (κ3) is 4.67. The van der Waals surface area contributed by atoms with Crippen molar-refractivity contribution >= 4 is 27.6 Å². The van der Waals surface area contributed by atoms with Gasteiger partial charge in [0, 0.05) is 6.07 Å². The highest BCUT2D eigenvalue weighted by molar-refractivity contribution is 7.92.